The minimum atomic E-state index is -3.63. The molecule has 0 unspecified atom stereocenters. The molecule has 0 heterocycles. The van der Waals surface area contributed by atoms with Gasteiger partial charge in [-0.1, -0.05) is 35.9 Å². The van der Waals surface area contributed by atoms with Crippen molar-refractivity contribution >= 4 is 33.2 Å². The topological polar surface area (TPSA) is 75.7 Å². The van der Waals surface area contributed by atoms with Crippen LogP contribution >= 0.6 is 11.6 Å². The van der Waals surface area contributed by atoms with Crippen molar-refractivity contribution in [2.75, 3.05) is 30.8 Å². The van der Waals surface area contributed by atoms with Crippen LogP contribution in [0.15, 0.2) is 42.5 Å². The Morgan fingerprint density at radius 1 is 1.21 bits per heavy atom. The second-order valence-corrected chi connectivity index (χ2v) is 8.78. The summed E-state index contributed by atoms with van der Waals surface area (Å²) < 4.78 is 30.6. The number of methoxy groups -OCH3 is 1. The molecule has 0 spiro atoms. The first kappa shape index (κ1) is 22.0. The van der Waals surface area contributed by atoms with Crippen LogP contribution in [0.5, 0.6) is 5.75 Å². The number of amides is 1. The van der Waals surface area contributed by atoms with Crippen molar-refractivity contribution in [3.05, 3.63) is 58.6 Å². The van der Waals surface area contributed by atoms with Crippen molar-refractivity contribution in [3.8, 4) is 5.75 Å². The molecule has 1 N–H and O–H groups in total. The fourth-order valence-electron chi connectivity index (χ4n) is 2.74. The molecule has 0 aromatic heterocycles. The van der Waals surface area contributed by atoms with E-state index in [2.05, 4.69) is 5.32 Å². The first-order valence-electron chi connectivity index (χ1n) is 8.85. The van der Waals surface area contributed by atoms with Gasteiger partial charge in [0.05, 0.1) is 19.1 Å². The maximum atomic E-state index is 12.3. The molecule has 0 radical (unpaired) electrons. The first-order valence-corrected chi connectivity index (χ1v) is 11.1. The minimum Gasteiger partial charge on any atom is -0.496 e. The number of anilines is 1. The van der Waals surface area contributed by atoms with E-state index in [-0.39, 0.29) is 12.5 Å². The van der Waals surface area contributed by atoms with Crippen LogP contribution in [-0.2, 0) is 21.2 Å². The predicted octanol–water partition coefficient (Wildman–Crippen LogP) is 3.17. The van der Waals surface area contributed by atoms with E-state index in [9.17, 15) is 13.2 Å². The normalized spacial score (nSPS) is 11.1. The summed E-state index contributed by atoms with van der Waals surface area (Å²) in [6.07, 6.45) is 2.52. The number of hydrogen-bond donors (Lipinski definition) is 1. The number of aryl methyl sites for hydroxylation is 2. The highest BCUT2D eigenvalue weighted by molar-refractivity contribution is 7.92. The van der Waals surface area contributed by atoms with Crippen molar-refractivity contribution in [3.63, 3.8) is 0 Å². The van der Waals surface area contributed by atoms with Crippen molar-refractivity contribution in [2.45, 2.75) is 19.8 Å². The summed E-state index contributed by atoms with van der Waals surface area (Å²) in [5.41, 5.74) is 2.26. The molecule has 0 saturated carbocycles. The smallest absolute Gasteiger partial charge is 0.240 e. The molecule has 8 heteroatoms. The van der Waals surface area contributed by atoms with E-state index in [1.807, 2.05) is 31.2 Å². The van der Waals surface area contributed by atoms with E-state index >= 15 is 0 Å². The van der Waals surface area contributed by atoms with Crippen LogP contribution in [0.4, 0.5) is 5.69 Å². The summed E-state index contributed by atoms with van der Waals surface area (Å²) in [5.74, 6) is 0.440. The molecule has 0 atom stereocenters. The number of ether oxygens (including phenoxy) is 1. The van der Waals surface area contributed by atoms with E-state index in [1.165, 1.54) is 0 Å². The van der Waals surface area contributed by atoms with Gasteiger partial charge in [-0.15, -0.1) is 0 Å². The second-order valence-electron chi connectivity index (χ2n) is 6.47. The molecule has 2 rings (SSSR count). The van der Waals surface area contributed by atoms with Crippen molar-refractivity contribution in [1.82, 2.24) is 5.32 Å². The van der Waals surface area contributed by atoms with E-state index in [4.69, 9.17) is 16.3 Å². The largest absolute Gasteiger partial charge is 0.496 e. The predicted molar refractivity (Wildman–Crippen MR) is 113 cm³/mol. The molecule has 0 aliphatic heterocycles. The first-order chi connectivity index (χ1) is 13.2. The zero-order valence-corrected chi connectivity index (χ0v) is 17.8. The van der Waals surface area contributed by atoms with Gasteiger partial charge in [-0.3, -0.25) is 9.10 Å². The fraction of sp³-hybridized carbons (Fsp3) is 0.350. The molecule has 0 bridgehead atoms. The number of nitrogens with zero attached hydrogens (tertiary/aromatic N) is 1. The fourth-order valence-corrected chi connectivity index (χ4v) is 3.76. The Morgan fingerprint density at radius 3 is 2.57 bits per heavy atom. The third-order valence-corrected chi connectivity index (χ3v) is 5.82. The molecule has 0 aliphatic carbocycles. The molecule has 0 fully saturated rings. The highest BCUT2D eigenvalue weighted by atomic mass is 35.5. The Morgan fingerprint density at radius 2 is 1.93 bits per heavy atom. The number of sulfonamides is 1. The quantitative estimate of drug-likeness (QED) is 0.627. The summed E-state index contributed by atoms with van der Waals surface area (Å²) in [5, 5.41) is 3.22. The number of halogens is 1. The maximum absolute atomic E-state index is 12.3. The maximum Gasteiger partial charge on any atom is 0.240 e. The molecule has 152 valence electrons. The van der Waals surface area contributed by atoms with Crippen LogP contribution in [0, 0.1) is 6.92 Å². The lowest BCUT2D eigenvalue weighted by atomic mass is 10.1. The van der Waals surface area contributed by atoms with Crippen LogP contribution in [-0.4, -0.2) is 40.8 Å². The number of hydrogen-bond acceptors (Lipinski definition) is 4. The zero-order valence-electron chi connectivity index (χ0n) is 16.2. The van der Waals surface area contributed by atoms with Crippen LogP contribution < -0.4 is 14.4 Å². The number of rotatable bonds is 9. The van der Waals surface area contributed by atoms with E-state index in [0.29, 0.717) is 23.7 Å². The molecule has 2 aromatic carbocycles. The Hall–Kier alpha value is -2.25. The lowest BCUT2D eigenvalue weighted by Gasteiger charge is -2.22. The standard InChI is InChI=1S/C20H25ClN2O4S/c1-15-10-11-17(13-18(15)21)23(28(3,25)26)14-20(24)22-12-6-8-16-7-4-5-9-19(16)27-2/h4-5,7,9-11,13H,6,8,12,14H2,1-3H3,(H,22,24). The van der Waals surface area contributed by atoms with Gasteiger partial charge in [-0.05, 0) is 49.1 Å². The third-order valence-electron chi connectivity index (χ3n) is 4.27. The zero-order chi connectivity index (χ0) is 20.7. The van der Waals surface area contributed by atoms with Crippen molar-refractivity contribution in [2.24, 2.45) is 0 Å². The van der Waals surface area contributed by atoms with Gasteiger partial charge in [0, 0.05) is 11.6 Å². The number of nitrogens with one attached hydrogen (secondary N) is 1. The molecule has 6 nitrogen and oxygen atoms in total. The SMILES string of the molecule is COc1ccccc1CCCNC(=O)CN(c1ccc(C)c(Cl)c1)S(C)(=O)=O. The minimum absolute atomic E-state index is 0.299. The Kier molecular flexibility index (Phi) is 7.71. The molecule has 0 saturated heterocycles. The Balaban J connectivity index is 1.94. The van der Waals surface area contributed by atoms with Gasteiger partial charge in [0.25, 0.3) is 0 Å². The van der Waals surface area contributed by atoms with Crippen LogP contribution in [0.2, 0.25) is 5.02 Å². The molecule has 0 aliphatic rings. The average molecular weight is 425 g/mol. The van der Waals surface area contributed by atoms with Gasteiger partial charge in [0.2, 0.25) is 15.9 Å². The summed E-state index contributed by atoms with van der Waals surface area (Å²) >= 11 is 6.10. The van der Waals surface area contributed by atoms with Gasteiger partial charge in [0.15, 0.2) is 0 Å². The summed E-state index contributed by atoms with van der Waals surface area (Å²) in [7, 11) is -2.01. The van der Waals surface area contributed by atoms with Gasteiger partial charge in [-0.2, -0.15) is 0 Å². The van der Waals surface area contributed by atoms with Crippen LogP contribution in [0.25, 0.3) is 0 Å². The molecular weight excluding hydrogens is 400 g/mol. The van der Waals surface area contributed by atoms with E-state index in [1.54, 1.807) is 25.3 Å². The van der Waals surface area contributed by atoms with Gasteiger partial charge < -0.3 is 10.1 Å². The van der Waals surface area contributed by atoms with E-state index in [0.717, 1.165) is 33.9 Å². The monoisotopic (exact) mass is 424 g/mol. The highest BCUT2D eigenvalue weighted by Gasteiger charge is 2.21. The lowest BCUT2D eigenvalue weighted by Crippen LogP contribution is -2.40. The van der Waals surface area contributed by atoms with Gasteiger partial charge >= 0.3 is 0 Å². The highest BCUT2D eigenvalue weighted by Crippen LogP contribution is 2.24. The number of carbonyl (C=O) groups is 1. The van der Waals surface area contributed by atoms with Crippen LogP contribution in [0.3, 0.4) is 0 Å². The van der Waals surface area contributed by atoms with Crippen molar-refractivity contribution < 1.29 is 17.9 Å². The Bertz CT molecular complexity index is 932. The van der Waals surface area contributed by atoms with Crippen molar-refractivity contribution in [1.29, 1.82) is 0 Å². The number of carbonyl (C=O) groups excluding carboxylic acids is 1. The van der Waals surface area contributed by atoms with E-state index < -0.39 is 10.0 Å². The second kappa shape index (κ2) is 9.80. The van der Waals surface area contributed by atoms with Gasteiger partial charge in [-0.25, -0.2) is 8.42 Å². The number of benzene rings is 2. The third kappa shape index (κ3) is 6.14. The summed E-state index contributed by atoms with van der Waals surface area (Å²) in [6.45, 7) is 1.96. The lowest BCUT2D eigenvalue weighted by molar-refractivity contribution is -0.119. The molecule has 28 heavy (non-hydrogen) atoms. The van der Waals surface area contributed by atoms with Crippen LogP contribution in [0.1, 0.15) is 17.5 Å². The average Bonchev–Trinajstić information content (AvgIpc) is 2.65. The molecular formula is C20H25ClN2O4S. The summed E-state index contributed by atoms with van der Waals surface area (Å²) in [6, 6.07) is 12.6. The molecule has 1 amide bonds. The Labute approximate surface area is 171 Å². The number of para-hydroxylation sites is 1. The van der Waals surface area contributed by atoms with Gasteiger partial charge in [0.1, 0.15) is 12.3 Å². The summed E-state index contributed by atoms with van der Waals surface area (Å²) in [4.78, 5) is 12.3. The molecule has 2 aromatic rings.